The first-order valence-corrected chi connectivity index (χ1v) is 14.1. The van der Waals surface area contributed by atoms with Crippen molar-refractivity contribution in [2.24, 2.45) is 0 Å². The molecule has 0 fully saturated rings. The molecule has 6 rings (SSSR count). The Bertz CT molecular complexity index is 1790. The highest BCUT2D eigenvalue weighted by Crippen LogP contribution is 2.33. The number of aromatic nitrogens is 1. The molecule has 0 bridgehead atoms. The van der Waals surface area contributed by atoms with Gasteiger partial charge in [-0.3, -0.25) is 9.59 Å². The van der Waals surface area contributed by atoms with Gasteiger partial charge in [-0.2, -0.15) is 0 Å². The maximum absolute atomic E-state index is 14.0. The number of carbonyl (C=O) groups is 2. The van der Waals surface area contributed by atoms with Gasteiger partial charge in [0.2, 0.25) is 0 Å². The van der Waals surface area contributed by atoms with Crippen LogP contribution in [0.1, 0.15) is 37.7 Å². The van der Waals surface area contributed by atoms with E-state index in [0.29, 0.717) is 24.3 Å². The Hall–Kier alpha value is -4.72. The molecule has 7 nitrogen and oxygen atoms in total. The van der Waals surface area contributed by atoms with Gasteiger partial charge in [-0.05, 0) is 70.3 Å². The monoisotopic (exact) mass is 559 g/mol. The van der Waals surface area contributed by atoms with Crippen LogP contribution in [-0.4, -0.2) is 57.8 Å². The molecule has 1 atom stereocenters. The molecule has 1 unspecified atom stereocenters. The van der Waals surface area contributed by atoms with E-state index in [2.05, 4.69) is 37.3 Å². The zero-order chi connectivity index (χ0) is 29.4. The quantitative estimate of drug-likeness (QED) is 0.298. The van der Waals surface area contributed by atoms with Crippen molar-refractivity contribution in [3.8, 4) is 11.1 Å². The zero-order valence-corrected chi connectivity index (χ0v) is 23.7. The number of aliphatic hydroxyl groups is 2. The number of amides is 2. The van der Waals surface area contributed by atoms with Gasteiger partial charge < -0.3 is 24.6 Å². The Morgan fingerprint density at radius 2 is 1.57 bits per heavy atom. The van der Waals surface area contributed by atoms with Gasteiger partial charge in [-0.1, -0.05) is 66.7 Å². The summed E-state index contributed by atoms with van der Waals surface area (Å²) < 4.78 is 1.93. The van der Waals surface area contributed by atoms with Gasteiger partial charge in [0.05, 0.1) is 25.8 Å². The van der Waals surface area contributed by atoms with Crippen molar-refractivity contribution in [3.05, 3.63) is 125 Å². The highest BCUT2D eigenvalue weighted by Gasteiger charge is 2.28. The van der Waals surface area contributed by atoms with Crippen LogP contribution in [0.4, 0.5) is 5.69 Å². The highest BCUT2D eigenvalue weighted by atomic mass is 16.3. The minimum Gasteiger partial charge on any atom is -0.394 e. The average molecular weight is 560 g/mol. The number of anilines is 1. The molecule has 2 amide bonds. The molecule has 5 aromatic rings. The molecule has 1 aliphatic rings. The smallest absolute Gasteiger partial charge is 0.270 e. The number of fused-ring (bicyclic) bond motifs is 3. The predicted octanol–water partition coefficient (Wildman–Crippen LogP) is 5.25. The third-order valence-electron chi connectivity index (χ3n) is 8.09. The first-order valence-electron chi connectivity index (χ1n) is 14.1. The Morgan fingerprint density at radius 1 is 0.857 bits per heavy atom. The van der Waals surface area contributed by atoms with Crippen LogP contribution in [0.2, 0.25) is 0 Å². The van der Waals surface area contributed by atoms with Crippen LogP contribution in [-0.2, 0) is 13.1 Å². The number of likely N-dealkylation sites (N-methyl/N-ethyl adjacent to an activating group) is 1. The third-order valence-corrected chi connectivity index (χ3v) is 8.09. The number of para-hydroxylation sites is 1. The van der Waals surface area contributed by atoms with Crippen LogP contribution >= 0.6 is 0 Å². The lowest BCUT2D eigenvalue weighted by atomic mass is 9.95. The lowest BCUT2D eigenvalue weighted by molar-refractivity contribution is 0.0513. The molecule has 0 spiro atoms. The largest absolute Gasteiger partial charge is 0.394 e. The fourth-order valence-corrected chi connectivity index (χ4v) is 5.83. The normalized spacial score (nSPS) is 13.3. The molecule has 1 aromatic heterocycles. The number of carbonyl (C=O) groups excluding carboxylic acids is 2. The van der Waals surface area contributed by atoms with Gasteiger partial charge in [-0.15, -0.1) is 0 Å². The third kappa shape index (κ3) is 4.98. The molecule has 1 aliphatic heterocycles. The molecule has 42 heavy (non-hydrogen) atoms. The first-order chi connectivity index (χ1) is 20.4. The Balaban J connectivity index is 1.32. The number of benzene rings is 4. The molecule has 2 N–H and O–H groups in total. The Kier molecular flexibility index (Phi) is 7.37. The standard InChI is InChI=1S/C35H33N3O4/c1-23-11-17-30(31-9-5-4-8-29(23)31)24-12-14-25(15-13-24)34(41)38-20-27-16-18-33(35(42)36(2)21-28(40)22-39)37(27)19-26-7-3-6-10-32(26)38/h3-18,28,39-40H,19-22H2,1-2H3. The number of aliphatic hydroxyl groups excluding tert-OH is 2. The number of rotatable bonds is 6. The second kappa shape index (κ2) is 11.3. The second-order valence-electron chi connectivity index (χ2n) is 10.9. The van der Waals surface area contributed by atoms with Gasteiger partial charge in [0.25, 0.3) is 11.8 Å². The topological polar surface area (TPSA) is 86.0 Å². The molecule has 0 aliphatic carbocycles. The van der Waals surface area contributed by atoms with Crippen LogP contribution in [0.3, 0.4) is 0 Å². The van der Waals surface area contributed by atoms with Gasteiger partial charge >= 0.3 is 0 Å². The molecule has 2 heterocycles. The fraction of sp³-hybridized carbons (Fsp3) is 0.200. The van der Waals surface area contributed by atoms with Gasteiger partial charge in [0.1, 0.15) is 5.69 Å². The Labute approximate surface area is 244 Å². The molecule has 0 saturated carbocycles. The van der Waals surface area contributed by atoms with Crippen LogP contribution in [0.15, 0.2) is 97.1 Å². The average Bonchev–Trinajstić information content (AvgIpc) is 3.33. The molecule has 212 valence electrons. The van der Waals surface area contributed by atoms with E-state index in [-0.39, 0.29) is 18.4 Å². The number of nitrogens with zero attached hydrogens (tertiary/aromatic N) is 3. The van der Waals surface area contributed by atoms with Crippen molar-refractivity contribution < 1.29 is 19.8 Å². The summed E-state index contributed by atoms with van der Waals surface area (Å²) in [6, 6.07) is 31.8. The lowest BCUT2D eigenvalue weighted by Crippen LogP contribution is -2.37. The minimum atomic E-state index is -1.01. The van der Waals surface area contributed by atoms with E-state index in [1.807, 2.05) is 65.2 Å². The maximum atomic E-state index is 14.0. The summed E-state index contributed by atoms with van der Waals surface area (Å²) in [4.78, 5) is 30.5. The number of aryl methyl sites for hydroxylation is 1. The molecule has 7 heteroatoms. The summed E-state index contributed by atoms with van der Waals surface area (Å²) in [6.07, 6.45) is -1.01. The maximum Gasteiger partial charge on any atom is 0.270 e. The molecular weight excluding hydrogens is 526 g/mol. The van der Waals surface area contributed by atoms with Crippen molar-refractivity contribution in [1.29, 1.82) is 0 Å². The summed E-state index contributed by atoms with van der Waals surface area (Å²) in [5.41, 5.74) is 7.02. The zero-order valence-electron chi connectivity index (χ0n) is 23.7. The van der Waals surface area contributed by atoms with E-state index in [4.69, 9.17) is 0 Å². The highest BCUT2D eigenvalue weighted by molar-refractivity contribution is 6.07. The second-order valence-corrected chi connectivity index (χ2v) is 10.9. The van der Waals surface area contributed by atoms with Crippen LogP contribution in [0, 0.1) is 6.92 Å². The molecule has 0 radical (unpaired) electrons. The van der Waals surface area contributed by atoms with Crippen molar-refractivity contribution in [1.82, 2.24) is 9.47 Å². The lowest BCUT2D eigenvalue weighted by Gasteiger charge is -2.23. The van der Waals surface area contributed by atoms with Crippen LogP contribution in [0.5, 0.6) is 0 Å². The number of hydrogen-bond donors (Lipinski definition) is 2. The van der Waals surface area contributed by atoms with E-state index >= 15 is 0 Å². The van der Waals surface area contributed by atoms with Gasteiger partial charge in [-0.25, -0.2) is 0 Å². The van der Waals surface area contributed by atoms with Crippen molar-refractivity contribution in [3.63, 3.8) is 0 Å². The van der Waals surface area contributed by atoms with Crippen molar-refractivity contribution in [2.45, 2.75) is 26.1 Å². The summed E-state index contributed by atoms with van der Waals surface area (Å²) in [7, 11) is 1.60. The minimum absolute atomic E-state index is 0.0193. The van der Waals surface area contributed by atoms with E-state index in [1.165, 1.54) is 21.2 Å². The van der Waals surface area contributed by atoms with Crippen LogP contribution < -0.4 is 4.90 Å². The van der Waals surface area contributed by atoms with Crippen LogP contribution in [0.25, 0.3) is 21.9 Å². The predicted molar refractivity (Wildman–Crippen MR) is 165 cm³/mol. The van der Waals surface area contributed by atoms with Gasteiger partial charge in [0, 0.05) is 30.5 Å². The molecular formula is C35H33N3O4. The summed E-state index contributed by atoms with van der Waals surface area (Å²) in [5.74, 6) is -0.376. The number of hydrogen-bond acceptors (Lipinski definition) is 4. The molecule has 0 saturated heterocycles. The Morgan fingerprint density at radius 3 is 2.33 bits per heavy atom. The summed E-state index contributed by atoms with van der Waals surface area (Å²) in [6.45, 7) is 2.44. The summed E-state index contributed by atoms with van der Waals surface area (Å²) in [5, 5.41) is 21.4. The summed E-state index contributed by atoms with van der Waals surface area (Å²) >= 11 is 0. The van der Waals surface area contributed by atoms with Gasteiger partial charge in [0.15, 0.2) is 0 Å². The molecule has 4 aromatic carbocycles. The van der Waals surface area contributed by atoms with E-state index in [0.717, 1.165) is 28.1 Å². The van der Waals surface area contributed by atoms with Crippen molar-refractivity contribution >= 4 is 28.3 Å². The van der Waals surface area contributed by atoms with Crippen molar-refractivity contribution in [2.75, 3.05) is 25.1 Å². The van der Waals surface area contributed by atoms with E-state index < -0.39 is 12.7 Å². The fourth-order valence-electron chi connectivity index (χ4n) is 5.83. The SMILES string of the molecule is Cc1ccc(-c2ccc(C(=O)N3Cc4ccc(C(=O)N(C)CC(O)CO)n4Cc4ccccc43)cc2)c2ccccc12. The van der Waals surface area contributed by atoms with E-state index in [1.54, 1.807) is 18.0 Å². The first kappa shape index (κ1) is 27.4. The van der Waals surface area contributed by atoms with E-state index in [9.17, 15) is 19.8 Å².